The Labute approximate surface area is 312 Å². The van der Waals surface area contributed by atoms with Crippen LogP contribution in [0.1, 0.15) is 25.0 Å². The summed E-state index contributed by atoms with van der Waals surface area (Å²) in [5.74, 6) is 0. The molecule has 250 valence electrons. The second-order valence-electron chi connectivity index (χ2n) is 16.0. The molecule has 4 heterocycles. The minimum Gasteiger partial charge on any atom is -0.310 e. The molecule has 2 aliphatic rings. The number of hydrogen-bond acceptors (Lipinski definition) is 0. The summed E-state index contributed by atoms with van der Waals surface area (Å²) in [7, 11) is 0. The van der Waals surface area contributed by atoms with Crippen molar-refractivity contribution < 1.29 is 0 Å². The lowest BCUT2D eigenvalue weighted by atomic mass is 9.34. The average Bonchev–Trinajstić information content (AvgIpc) is 3.75. The van der Waals surface area contributed by atoms with E-state index in [-0.39, 0.29) is 12.1 Å². The first kappa shape index (κ1) is 28.9. The third-order valence-corrected chi connectivity index (χ3v) is 13.2. The molecule has 3 heteroatoms. The Balaban J connectivity index is 1.28. The molecule has 0 bridgehead atoms. The predicted octanol–water partition coefficient (Wildman–Crippen LogP) is 10.8. The van der Waals surface area contributed by atoms with Crippen LogP contribution in [0.5, 0.6) is 0 Å². The van der Waals surface area contributed by atoms with E-state index in [1.807, 2.05) is 0 Å². The number of fused-ring (bicyclic) bond motifs is 17. The van der Waals surface area contributed by atoms with Crippen LogP contribution in [0.25, 0.3) is 87.3 Å². The number of benzene rings is 9. The maximum Gasteiger partial charge on any atom is 0.252 e. The summed E-state index contributed by atoms with van der Waals surface area (Å²) in [4.78, 5) is 0. The van der Waals surface area contributed by atoms with Crippen molar-refractivity contribution in [2.24, 2.45) is 0 Å². The van der Waals surface area contributed by atoms with Crippen LogP contribution in [-0.4, -0.2) is 15.8 Å². The molecule has 0 aliphatic carbocycles. The summed E-state index contributed by atoms with van der Waals surface area (Å²) in [5, 5.41) is 13.1. The lowest BCUT2D eigenvalue weighted by molar-refractivity contribution is 0.642. The zero-order valence-corrected chi connectivity index (χ0v) is 30.1. The topological polar surface area (TPSA) is 9.86 Å². The molecule has 0 spiro atoms. The molecule has 0 unspecified atom stereocenters. The van der Waals surface area contributed by atoms with E-state index >= 15 is 0 Å². The predicted molar refractivity (Wildman–Crippen MR) is 231 cm³/mol. The summed E-state index contributed by atoms with van der Waals surface area (Å²) in [6, 6.07) is 62.0. The zero-order chi connectivity index (χ0) is 35.4. The number of aromatic nitrogens is 2. The highest BCUT2D eigenvalue weighted by molar-refractivity contribution is 7.00. The highest BCUT2D eigenvalue weighted by atomic mass is 15.0. The molecular formula is C51H33BN2. The fourth-order valence-corrected chi connectivity index (χ4v) is 10.7. The maximum absolute atomic E-state index is 2.64. The van der Waals surface area contributed by atoms with E-state index in [0.717, 1.165) is 0 Å². The summed E-state index contributed by atoms with van der Waals surface area (Å²) in [6.07, 6.45) is 0. The molecule has 0 saturated heterocycles. The number of para-hydroxylation sites is 4. The van der Waals surface area contributed by atoms with Crippen molar-refractivity contribution in [3.05, 3.63) is 175 Å². The van der Waals surface area contributed by atoms with Gasteiger partial charge in [0.05, 0.1) is 16.7 Å². The molecule has 0 radical (unpaired) electrons. The third kappa shape index (κ3) is 3.36. The molecule has 0 fully saturated rings. The molecule has 9 aromatic carbocycles. The Morgan fingerprint density at radius 1 is 0.407 bits per heavy atom. The van der Waals surface area contributed by atoms with Crippen LogP contribution in [0, 0.1) is 0 Å². The van der Waals surface area contributed by atoms with E-state index in [0.29, 0.717) is 0 Å². The first-order valence-electron chi connectivity index (χ1n) is 19.2. The van der Waals surface area contributed by atoms with Crippen molar-refractivity contribution in [1.82, 2.24) is 9.13 Å². The number of rotatable bonds is 2. The molecule has 54 heavy (non-hydrogen) atoms. The summed E-state index contributed by atoms with van der Waals surface area (Å²) in [5.41, 5.74) is 14.5. The van der Waals surface area contributed by atoms with Crippen molar-refractivity contribution in [3.63, 3.8) is 0 Å². The fourth-order valence-electron chi connectivity index (χ4n) is 10.7. The van der Waals surface area contributed by atoms with Crippen LogP contribution in [0.2, 0.25) is 0 Å². The van der Waals surface area contributed by atoms with Gasteiger partial charge in [-0.05, 0) is 78.7 Å². The number of hydrogen-bond donors (Lipinski definition) is 0. The van der Waals surface area contributed by atoms with Gasteiger partial charge in [0, 0.05) is 49.1 Å². The monoisotopic (exact) mass is 684 g/mol. The first-order valence-corrected chi connectivity index (χ1v) is 19.2. The van der Waals surface area contributed by atoms with Gasteiger partial charge in [-0.3, -0.25) is 0 Å². The summed E-state index contributed by atoms with van der Waals surface area (Å²) in [6.45, 7) is 4.81. The highest BCUT2D eigenvalue weighted by Gasteiger charge is 2.42. The van der Waals surface area contributed by atoms with Crippen LogP contribution < -0.4 is 16.4 Å². The highest BCUT2D eigenvalue weighted by Crippen LogP contribution is 2.46. The molecule has 13 rings (SSSR count). The summed E-state index contributed by atoms with van der Waals surface area (Å²) >= 11 is 0. The van der Waals surface area contributed by atoms with E-state index in [1.165, 1.54) is 115 Å². The third-order valence-electron chi connectivity index (χ3n) is 13.2. The van der Waals surface area contributed by atoms with Gasteiger partial charge in [-0.2, -0.15) is 0 Å². The van der Waals surface area contributed by atoms with Crippen molar-refractivity contribution in [2.45, 2.75) is 19.3 Å². The van der Waals surface area contributed by atoms with Crippen molar-refractivity contribution >= 4 is 99.0 Å². The molecule has 11 aromatic rings. The average molecular weight is 685 g/mol. The molecule has 2 nitrogen and oxygen atoms in total. The fraction of sp³-hybridized carbons (Fsp3) is 0.0588. The molecule has 0 amide bonds. The van der Waals surface area contributed by atoms with E-state index in [4.69, 9.17) is 0 Å². The Kier molecular flexibility index (Phi) is 5.30. The lowest BCUT2D eigenvalue weighted by Crippen LogP contribution is -2.59. The van der Waals surface area contributed by atoms with Crippen LogP contribution in [0.4, 0.5) is 0 Å². The van der Waals surface area contributed by atoms with Crippen molar-refractivity contribution in [1.29, 1.82) is 0 Å². The Morgan fingerprint density at radius 2 is 0.963 bits per heavy atom. The smallest absolute Gasteiger partial charge is 0.252 e. The second-order valence-corrected chi connectivity index (χ2v) is 16.0. The van der Waals surface area contributed by atoms with Crippen LogP contribution >= 0.6 is 0 Å². The van der Waals surface area contributed by atoms with Gasteiger partial charge in [-0.15, -0.1) is 0 Å². The largest absolute Gasteiger partial charge is 0.310 e. The zero-order valence-electron chi connectivity index (χ0n) is 30.1. The van der Waals surface area contributed by atoms with Gasteiger partial charge in [0.1, 0.15) is 0 Å². The van der Waals surface area contributed by atoms with Gasteiger partial charge < -0.3 is 9.13 Å². The quantitative estimate of drug-likeness (QED) is 0.127. The van der Waals surface area contributed by atoms with Crippen LogP contribution in [0.15, 0.2) is 164 Å². The standard InChI is InChI=1S/C51H33BN2/c1-51(2,30-14-4-3-5-15-30)31-26-27-33-39(28-31)32-16-6-7-19-36(32)46-40(33)29-45-47-50(46)54-44-25-11-9-18-35(44)38-21-13-23-42(49(38)54)52(47)41-22-12-20-37-34-17-8-10-24-43(34)53(45)48(37)41/h3-29H,1-2H3. The van der Waals surface area contributed by atoms with E-state index in [2.05, 4.69) is 187 Å². The SMILES string of the molecule is CC(C)(c1ccccc1)c1ccc2c(c1)c1ccccc1c1c3c4c(cc21)-n1c2ccccc2c2cccc(c21)B4c1cccc2c4ccccc4n-3c12. The molecule has 0 atom stereocenters. The Morgan fingerprint density at radius 3 is 1.67 bits per heavy atom. The minimum absolute atomic E-state index is 0.101. The van der Waals surface area contributed by atoms with Crippen LogP contribution in [-0.2, 0) is 5.41 Å². The molecule has 0 N–H and O–H groups in total. The van der Waals surface area contributed by atoms with E-state index < -0.39 is 0 Å². The van der Waals surface area contributed by atoms with E-state index in [1.54, 1.807) is 0 Å². The Bertz CT molecular complexity index is 3470. The molecule has 2 aromatic heterocycles. The number of nitrogens with zero attached hydrogens (tertiary/aromatic N) is 2. The molecule has 0 saturated carbocycles. The van der Waals surface area contributed by atoms with Gasteiger partial charge in [0.2, 0.25) is 0 Å². The first-order chi connectivity index (χ1) is 26.6. The van der Waals surface area contributed by atoms with Crippen LogP contribution in [0.3, 0.4) is 0 Å². The van der Waals surface area contributed by atoms with Gasteiger partial charge in [-0.1, -0.05) is 153 Å². The van der Waals surface area contributed by atoms with Crippen molar-refractivity contribution in [3.8, 4) is 11.4 Å². The second kappa shape index (κ2) is 9.89. The minimum atomic E-state index is -0.153. The molecule has 2 aliphatic heterocycles. The normalized spacial score (nSPS) is 13.3. The van der Waals surface area contributed by atoms with Gasteiger partial charge in [-0.25, -0.2) is 0 Å². The maximum atomic E-state index is 2.64. The van der Waals surface area contributed by atoms with Gasteiger partial charge in [0.15, 0.2) is 0 Å². The molecular weight excluding hydrogens is 651 g/mol. The lowest BCUT2D eigenvalue weighted by Gasteiger charge is -2.35. The van der Waals surface area contributed by atoms with Crippen molar-refractivity contribution in [2.75, 3.05) is 0 Å². The van der Waals surface area contributed by atoms with Gasteiger partial charge >= 0.3 is 0 Å². The summed E-state index contributed by atoms with van der Waals surface area (Å²) < 4.78 is 5.24. The van der Waals surface area contributed by atoms with Gasteiger partial charge in [0.25, 0.3) is 6.71 Å². The van der Waals surface area contributed by atoms with E-state index in [9.17, 15) is 0 Å². The Hall–Kier alpha value is -6.58.